The van der Waals surface area contributed by atoms with E-state index >= 15 is 0 Å². The molecule has 1 aromatic carbocycles. The molecule has 0 radical (unpaired) electrons. The number of aryl methyl sites for hydroxylation is 2. The molecule has 1 N–H and O–H groups in total. The molecule has 0 spiro atoms. The molecule has 0 aliphatic rings. The van der Waals surface area contributed by atoms with Crippen LogP contribution in [0.5, 0.6) is 11.5 Å². The van der Waals surface area contributed by atoms with Crippen LogP contribution in [0.2, 0.25) is 0 Å². The number of aromatic carboxylic acids is 1. The third-order valence-corrected chi connectivity index (χ3v) is 4.31. The second-order valence-electron chi connectivity index (χ2n) is 4.79. The number of ether oxygens (including phenoxy) is 2. The molecule has 1 aromatic heterocycles. The maximum absolute atomic E-state index is 11.1. The summed E-state index contributed by atoms with van der Waals surface area (Å²) in [7, 11) is 1.61. The molecular formula is C16H19NO4S. The summed E-state index contributed by atoms with van der Waals surface area (Å²) in [5, 5.41) is 9.91. The molecule has 1 heterocycles. The molecule has 0 saturated heterocycles. The highest BCUT2D eigenvalue weighted by molar-refractivity contribution is 7.13. The largest absolute Gasteiger partial charge is 0.493 e. The van der Waals surface area contributed by atoms with Gasteiger partial charge in [-0.1, -0.05) is 13.0 Å². The summed E-state index contributed by atoms with van der Waals surface area (Å²) in [6.07, 6.45) is 1.19. The minimum atomic E-state index is -0.915. The Morgan fingerprint density at radius 3 is 2.73 bits per heavy atom. The Labute approximate surface area is 133 Å². The van der Waals surface area contributed by atoms with E-state index in [1.54, 1.807) is 7.11 Å². The predicted octanol–water partition coefficient (Wildman–Crippen LogP) is 3.34. The minimum absolute atomic E-state index is 0.324. The first-order chi connectivity index (χ1) is 10.5. The van der Waals surface area contributed by atoms with E-state index in [4.69, 9.17) is 14.6 Å². The third-order valence-electron chi connectivity index (χ3n) is 3.16. The highest BCUT2D eigenvalue weighted by Crippen LogP contribution is 2.28. The second kappa shape index (κ2) is 7.26. The summed E-state index contributed by atoms with van der Waals surface area (Å²) >= 11 is 1.22. The number of hydrogen-bond acceptors (Lipinski definition) is 5. The van der Waals surface area contributed by atoms with Crippen LogP contribution in [0.4, 0.5) is 0 Å². The van der Waals surface area contributed by atoms with Gasteiger partial charge >= 0.3 is 5.97 Å². The lowest BCUT2D eigenvalue weighted by Crippen LogP contribution is -2.02. The number of hydrogen-bond donors (Lipinski definition) is 1. The van der Waals surface area contributed by atoms with Crippen LogP contribution in [0.3, 0.4) is 0 Å². The van der Waals surface area contributed by atoms with Gasteiger partial charge in [0.1, 0.15) is 4.88 Å². The first-order valence-electron chi connectivity index (χ1n) is 7.04. The Morgan fingerprint density at radius 1 is 1.36 bits per heavy atom. The van der Waals surface area contributed by atoms with E-state index < -0.39 is 5.97 Å². The van der Waals surface area contributed by atoms with E-state index in [1.165, 1.54) is 11.3 Å². The summed E-state index contributed by atoms with van der Waals surface area (Å²) in [6, 6.07) is 5.74. The van der Waals surface area contributed by atoms with E-state index in [0.717, 1.165) is 10.6 Å². The van der Waals surface area contributed by atoms with Crippen LogP contribution in [0.15, 0.2) is 18.2 Å². The van der Waals surface area contributed by atoms with E-state index in [2.05, 4.69) is 4.98 Å². The van der Waals surface area contributed by atoms with Crippen LogP contribution in [0, 0.1) is 6.92 Å². The van der Waals surface area contributed by atoms with E-state index in [0.29, 0.717) is 41.5 Å². The number of benzene rings is 1. The SMILES string of the molecule is CCc1nc(CCOc2ccc(C)cc2OC)sc1C(=O)O. The van der Waals surface area contributed by atoms with Crippen LogP contribution in [-0.2, 0) is 12.8 Å². The third kappa shape index (κ3) is 3.76. The zero-order valence-electron chi connectivity index (χ0n) is 12.9. The number of thiazole rings is 1. The van der Waals surface area contributed by atoms with Crippen LogP contribution < -0.4 is 9.47 Å². The van der Waals surface area contributed by atoms with Crippen molar-refractivity contribution in [3.63, 3.8) is 0 Å². The van der Waals surface area contributed by atoms with Gasteiger partial charge < -0.3 is 14.6 Å². The first-order valence-corrected chi connectivity index (χ1v) is 7.86. The molecule has 0 atom stereocenters. The van der Waals surface area contributed by atoms with Crippen molar-refractivity contribution in [2.45, 2.75) is 26.7 Å². The maximum atomic E-state index is 11.1. The molecule has 0 fully saturated rings. The number of rotatable bonds is 7. The van der Waals surface area contributed by atoms with Crippen molar-refractivity contribution in [1.29, 1.82) is 0 Å². The first kappa shape index (κ1) is 16.3. The second-order valence-corrected chi connectivity index (χ2v) is 5.88. The number of aromatic nitrogens is 1. The molecule has 0 amide bonds. The van der Waals surface area contributed by atoms with E-state index in [1.807, 2.05) is 32.0 Å². The van der Waals surface area contributed by atoms with Gasteiger partial charge in [-0.2, -0.15) is 0 Å². The molecule has 5 nitrogen and oxygen atoms in total. The van der Waals surface area contributed by atoms with Gasteiger partial charge in [-0.05, 0) is 31.0 Å². The fourth-order valence-corrected chi connectivity index (χ4v) is 3.03. The van der Waals surface area contributed by atoms with Gasteiger partial charge in [-0.15, -0.1) is 11.3 Å². The van der Waals surface area contributed by atoms with Crippen molar-refractivity contribution >= 4 is 17.3 Å². The number of carboxylic acid groups (broad SMARTS) is 1. The van der Waals surface area contributed by atoms with Gasteiger partial charge in [0.05, 0.1) is 24.4 Å². The van der Waals surface area contributed by atoms with E-state index in [-0.39, 0.29) is 0 Å². The quantitative estimate of drug-likeness (QED) is 0.847. The Kier molecular flexibility index (Phi) is 5.38. The van der Waals surface area contributed by atoms with Gasteiger partial charge in [0.2, 0.25) is 0 Å². The molecule has 0 aliphatic heterocycles. The summed E-state index contributed by atoms with van der Waals surface area (Å²) in [5.74, 6) is 0.458. The lowest BCUT2D eigenvalue weighted by atomic mass is 10.2. The monoisotopic (exact) mass is 321 g/mol. The summed E-state index contributed by atoms with van der Waals surface area (Å²) < 4.78 is 11.0. The maximum Gasteiger partial charge on any atom is 0.347 e. The zero-order valence-corrected chi connectivity index (χ0v) is 13.7. The van der Waals surface area contributed by atoms with Crippen LogP contribution in [0.25, 0.3) is 0 Å². The molecule has 0 saturated carbocycles. The molecule has 22 heavy (non-hydrogen) atoms. The Morgan fingerprint density at radius 2 is 2.14 bits per heavy atom. The Balaban J connectivity index is 2.01. The Hall–Kier alpha value is -2.08. The van der Waals surface area contributed by atoms with Crippen molar-refractivity contribution in [2.75, 3.05) is 13.7 Å². The fraction of sp³-hybridized carbons (Fsp3) is 0.375. The Bertz CT molecular complexity index is 666. The normalized spacial score (nSPS) is 10.5. The van der Waals surface area contributed by atoms with Gasteiger partial charge in [0, 0.05) is 6.42 Å². The van der Waals surface area contributed by atoms with Gasteiger partial charge in [-0.25, -0.2) is 9.78 Å². The van der Waals surface area contributed by atoms with Crippen molar-refractivity contribution in [2.24, 2.45) is 0 Å². The van der Waals surface area contributed by atoms with Crippen LogP contribution >= 0.6 is 11.3 Å². The standard InChI is InChI=1S/C16H19NO4S/c1-4-11-15(16(18)19)22-14(17-11)7-8-21-12-6-5-10(2)9-13(12)20-3/h5-6,9H,4,7-8H2,1-3H3,(H,18,19). The van der Waals surface area contributed by atoms with Crippen molar-refractivity contribution < 1.29 is 19.4 Å². The average Bonchev–Trinajstić information content (AvgIpc) is 2.92. The predicted molar refractivity (Wildman–Crippen MR) is 85.4 cm³/mol. The van der Waals surface area contributed by atoms with Crippen molar-refractivity contribution in [3.8, 4) is 11.5 Å². The zero-order chi connectivity index (χ0) is 16.1. The lowest BCUT2D eigenvalue weighted by Gasteiger charge is -2.10. The number of nitrogens with zero attached hydrogens (tertiary/aromatic N) is 1. The average molecular weight is 321 g/mol. The van der Waals surface area contributed by atoms with Gasteiger partial charge in [-0.3, -0.25) is 0 Å². The summed E-state index contributed by atoms with van der Waals surface area (Å²) in [4.78, 5) is 15.8. The lowest BCUT2D eigenvalue weighted by molar-refractivity contribution is 0.0701. The van der Waals surface area contributed by atoms with Crippen molar-refractivity contribution in [3.05, 3.63) is 39.3 Å². The molecule has 6 heteroatoms. The summed E-state index contributed by atoms with van der Waals surface area (Å²) in [6.45, 7) is 4.32. The van der Waals surface area contributed by atoms with Gasteiger partial charge in [0.25, 0.3) is 0 Å². The number of carbonyl (C=O) groups is 1. The van der Waals surface area contributed by atoms with Crippen molar-refractivity contribution in [1.82, 2.24) is 4.98 Å². The summed E-state index contributed by atoms with van der Waals surface area (Å²) in [5.41, 5.74) is 1.74. The molecule has 2 aromatic rings. The van der Waals surface area contributed by atoms with Crippen LogP contribution in [-0.4, -0.2) is 29.8 Å². The van der Waals surface area contributed by atoms with Gasteiger partial charge in [0.15, 0.2) is 11.5 Å². The molecule has 118 valence electrons. The fourth-order valence-electron chi connectivity index (χ4n) is 2.06. The molecular weight excluding hydrogens is 302 g/mol. The van der Waals surface area contributed by atoms with E-state index in [9.17, 15) is 4.79 Å². The number of carboxylic acids is 1. The highest BCUT2D eigenvalue weighted by atomic mass is 32.1. The molecule has 0 bridgehead atoms. The highest BCUT2D eigenvalue weighted by Gasteiger charge is 2.16. The smallest absolute Gasteiger partial charge is 0.347 e. The molecule has 2 rings (SSSR count). The molecule has 0 aliphatic carbocycles. The minimum Gasteiger partial charge on any atom is -0.493 e. The molecule has 0 unspecified atom stereocenters. The topological polar surface area (TPSA) is 68.7 Å². The van der Waals surface area contributed by atoms with Crippen LogP contribution in [0.1, 0.15) is 32.9 Å². The number of methoxy groups -OCH3 is 1.